The van der Waals surface area contributed by atoms with Gasteiger partial charge in [0.05, 0.1) is 17.8 Å². The molecule has 5 nitrogen and oxygen atoms in total. The molecule has 0 bridgehead atoms. The summed E-state index contributed by atoms with van der Waals surface area (Å²) in [6.07, 6.45) is -2.06. The Labute approximate surface area is 112 Å². The third-order valence-electron chi connectivity index (χ3n) is 3.16. The summed E-state index contributed by atoms with van der Waals surface area (Å²) in [6, 6.07) is 8.67. The molecule has 0 saturated carbocycles. The Bertz CT molecular complexity index is 407. The maximum atomic E-state index is 11.9. The van der Waals surface area contributed by atoms with Crippen molar-refractivity contribution in [2.75, 3.05) is 7.11 Å². The number of hydrogen-bond acceptors (Lipinski definition) is 5. The van der Waals surface area contributed by atoms with Crippen molar-refractivity contribution < 1.29 is 24.1 Å². The molecule has 2 rings (SSSR count). The molecule has 0 amide bonds. The second-order valence-electron chi connectivity index (χ2n) is 4.55. The highest BCUT2D eigenvalue weighted by Gasteiger charge is 2.38. The van der Waals surface area contributed by atoms with Gasteiger partial charge >= 0.3 is 5.97 Å². The Morgan fingerprint density at radius 2 is 2.05 bits per heavy atom. The molecule has 0 radical (unpaired) electrons. The molecule has 1 fully saturated rings. The summed E-state index contributed by atoms with van der Waals surface area (Å²) in [6.45, 7) is 1.75. The van der Waals surface area contributed by atoms with E-state index in [1.54, 1.807) is 31.2 Å². The third-order valence-corrected chi connectivity index (χ3v) is 3.16. The van der Waals surface area contributed by atoms with E-state index < -0.39 is 30.6 Å². The van der Waals surface area contributed by atoms with E-state index >= 15 is 0 Å². The van der Waals surface area contributed by atoms with Crippen LogP contribution < -0.4 is 0 Å². The van der Waals surface area contributed by atoms with Crippen molar-refractivity contribution in [1.82, 2.24) is 0 Å². The summed E-state index contributed by atoms with van der Waals surface area (Å²) < 4.78 is 15.9. The van der Waals surface area contributed by atoms with Gasteiger partial charge in [-0.3, -0.25) is 0 Å². The van der Waals surface area contributed by atoms with E-state index in [9.17, 15) is 9.90 Å². The van der Waals surface area contributed by atoms with Crippen molar-refractivity contribution in [1.29, 1.82) is 0 Å². The van der Waals surface area contributed by atoms with E-state index in [1.165, 1.54) is 7.11 Å². The summed E-state index contributed by atoms with van der Waals surface area (Å²) in [4.78, 5) is 11.9. The fourth-order valence-corrected chi connectivity index (χ4v) is 2.11. The number of benzene rings is 1. The maximum absolute atomic E-state index is 11.9. The summed E-state index contributed by atoms with van der Waals surface area (Å²) in [5.41, 5.74) is 0.454. The molecular formula is C14H18O5. The molecule has 5 heteroatoms. The molecule has 1 heterocycles. The van der Waals surface area contributed by atoms with Crippen molar-refractivity contribution in [2.24, 2.45) is 0 Å². The molecule has 1 saturated heterocycles. The van der Waals surface area contributed by atoms with Gasteiger partial charge < -0.3 is 19.3 Å². The molecule has 1 aliphatic rings. The molecule has 4 atom stereocenters. The Hall–Kier alpha value is -1.43. The zero-order valence-corrected chi connectivity index (χ0v) is 11.0. The predicted octanol–water partition coefficient (Wildman–Crippen LogP) is 1.35. The molecule has 1 N–H and O–H groups in total. The van der Waals surface area contributed by atoms with Gasteiger partial charge in [-0.2, -0.15) is 0 Å². The highest BCUT2D eigenvalue weighted by Crippen LogP contribution is 2.23. The Morgan fingerprint density at radius 1 is 1.37 bits per heavy atom. The molecule has 0 aliphatic carbocycles. The molecule has 1 aromatic rings. The summed E-state index contributed by atoms with van der Waals surface area (Å²) in [5.74, 6) is -0.462. The average molecular weight is 266 g/mol. The number of hydrogen-bond donors (Lipinski definition) is 1. The van der Waals surface area contributed by atoms with Crippen LogP contribution in [-0.4, -0.2) is 42.8 Å². The van der Waals surface area contributed by atoms with Crippen LogP contribution in [0.2, 0.25) is 0 Å². The largest absolute Gasteiger partial charge is 0.453 e. The number of rotatable bonds is 3. The second-order valence-corrected chi connectivity index (χ2v) is 4.55. The zero-order chi connectivity index (χ0) is 13.8. The van der Waals surface area contributed by atoms with Gasteiger partial charge in [0.25, 0.3) is 0 Å². The first-order valence-corrected chi connectivity index (χ1v) is 6.24. The number of methoxy groups -OCH3 is 1. The van der Waals surface area contributed by atoms with Crippen LogP contribution in [0.15, 0.2) is 30.3 Å². The van der Waals surface area contributed by atoms with Gasteiger partial charge in [-0.15, -0.1) is 0 Å². The summed E-state index contributed by atoms with van der Waals surface area (Å²) in [5, 5.41) is 10.00. The molecule has 0 aromatic heterocycles. The minimum atomic E-state index is -0.790. The SMILES string of the molecule is CO[C@H]1C[C@H](O)[C@@H](OC(=O)c2ccccc2)[C@@H](C)O1. The van der Waals surface area contributed by atoms with Gasteiger partial charge in [-0.05, 0) is 19.1 Å². The third kappa shape index (κ3) is 3.32. The molecule has 104 valence electrons. The summed E-state index contributed by atoms with van der Waals surface area (Å²) >= 11 is 0. The lowest BCUT2D eigenvalue weighted by molar-refractivity contribution is -0.236. The zero-order valence-electron chi connectivity index (χ0n) is 11.0. The van der Waals surface area contributed by atoms with Crippen LogP contribution in [0, 0.1) is 0 Å². The Kier molecular flexibility index (Phi) is 4.52. The van der Waals surface area contributed by atoms with Crippen molar-refractivity contribution in [3.05, 3.63) is 35.9 Å². The summed E-state index contributed by atoms with van der Waals surface area (Å²) in [7, 11) is 1.51. The van der Waals surface area contributed by atoms with Gasteiger partial charge in [-0.1, -0.05) is 18.2 Å². The van der Waals surface area contributed by atoms with Crippen LogP contribution >= 0.6 is 0 Å². The topological polar surface area (TPSA) is 65.0 Å². The van der Waals surface area contributed by atoms with Crippen LogP contribution in [0.25, 0.3) is 0 Å². The minimum Gasteiger partial charge on any atom is -0.453 e. The number of aliphatic hydroxyl groups excluding tert-OH is 1. The predicted molar refractivity (Wildman–Crippen MR) is 67.6 cm³/mol. The first-order valence-electron chi connectivity index (χ1n) is 6.24. The normalized spacial score (nSPS) is 30.9. The van der Waals surface area contributed by atoms with Gasteiger partial charge in [-0.25, -0.2) is 4.79 Å². The van der Waals surface area contributed by atoms with Gasteiger partial charge in [0.1, 0.15) is 0 Å². The molecule has 1 aliphatic heterocycles. The molecule has 19 heavy (non-hydrogen) atoms. The van der Waals surface area contributed by atoms with Crippen molar-refractivity contribution in [3.8, 4) is 0 Å². The van der Waals surface area contributed by atoms with Crippen molar-refractivity contribution in [2.45, 2.75) is 37.9 Å². The number of aliphatic hydroxyl groups is 1. The lowest BCUT2D eigenvalue weighted by Crippen LogP contribution is -2.49. The van der Waals surface area contributed by atoms with E-state index in [4.69, 9.17) is 14.2 Å². The number of esters is 1. The Balaban J connectivity index is 2.01. The lowest BCUT2D eigenvalue weighted by Gasteiger charge is -2.36. The number of carbonyl (C=O) groups is 1. The molecule has 0 unspecified atom stereocenters. The quantitative estimate of drug-likeness (QED) is 0.837. The Morgan fingerprint density at radius 3 is 2.63 bits per heavy atom. The lowest BCUT2D eigenvalue weighted by atomic mass is 10.0. The van der Waals surface area contributed by atoms with E-state index in [-0.39, 0.29) is 6.42 Å². The smallest absolute Gasteiger partial charge is 0.338 e. The van der Waals surface area contributed by atoms with Crippen molar-refractivity contribution >= 4 is 5.97 Å². The van der Waals surface area contributed by atoms with E-state index in [0.717, 1.165) is 0 Å². The maximum Gasteiger partial charge on any atom is 0.338 e. The highest BCUT2D eigenvalue weighted by atomic mass is 16.7. The fourth-order valence-electron chi connectivity index (χ4n) is 2.11. The van der Waals surface area contributed by atoms with E-state index in [0.29, 0.717) is 5.56 Å². The first kappa shape index (κ1) is 14.0. The number of carbonyl (C=O) groups excluding carboxylic acids is 1. The number of ether oxygens (including phenoxy) is 3. The molecule has 0 spiro atoms. The van der Waals surface area contributed by atoms with Gasteiger partial charge in [0.15, 0.2) is 12.4 Å². The fraction of sp³-hybridized carbons (Fsp3) is 0.500. The monoisotopic (exact) mass is 266 g/mol. The standard InChI is InChI=1S/C14H18O5/c1-9-13(11(15)8-12(17-2)18-9)19-14(16)10-6-4-3-5-7-10/h3-7,9,11-13,15H,8H2,1-2H3/t9-,11+,12-,13+/m1/s1. The van der Waals surface area contributed by atoms with Crippen LogP contribution in [0.1, 0.15) is 23.7 Å². The van der Waals surface area contributed by atoms with Crippen LogP contribution in [0.5, 0.6) is 0 Å². The highest BCUT2D eigenvalue weighted by molar-refractivity contribution is 5.89. The van der Waals surface area contributed by atoms with Gasteiger partial charge in [0.2, 0.25) is 0 Å². The van der Waals surface area contributed by atoms with Gasteiger partial charge in [0, 0.05) is 13.5 Å². The molecule has 1 aromatic carbocycles. The second kappa shape index (κ2) is 6.14. The minimum absolute atomic E-state index is 0.285. The van der Waals surface area contributed by atoms with Crippen LogP contribution in [0.3, 0.4) is 0 Å². The van der Waals surface area contributed by atoms with Crippen LogP contribution in [0.4, 0.5) is 0 Å². The average Bonchev–Trinajstić information content (AvgIpc) is 2.43. The van der Waals surface area contributed by atoms with Crippen LogP contribution in [-0.2, 0) is 14.2 Å². The van der Waals surface area contributed by atoms with Crippen molar-refractivity contribution in [3.63, 3.8) is 0 Å². The first-order chi connectivity index (χ1) is 9.11. The molecular weight excluding hydrogens is 248 g/mol. The van der Waals surface area contributed by atoms with E-state index in [2.05, 4.69) is 0 Å². The van der Waals surface area contributed by atoms with E-state index in [1.807, 2.05) is 6.07 Å².